The fourth-order valence-electron chi connectivity index (χ4n) is 2.89. The van der Waals surface area contributed by atoms with Crippen molar-refractivity contribution >= 4 is 5.69 Å². The number of benzene rings is 1. The van der Waals surface area contributed by atoms with Crippen molar-refractivity contribution in [1.29, 1.82) is 5.26 Å². The number of nitrogens with zero attached hydrogens (tertiary/aromatic N) is 3. The normalized spacial score (nSPS) is 19.5. The molecule has 0 radical (unpaired) electrons. The minimum atomic E-state index is 0.498. The maximum atomic E-state index is 8.83. The zero-order chi connectivity index (χ0) is 13.7. The molecule has 1 saturated heterocycles. The molecule has 1 aliphatic heterocycles. The van der Waals surface area contributed by atoms with Crippen molar-refractivity contribution in [3.8, 4) is 6.07 Å². The van der Waals surface area contributed by atoms with Crippen molar-refractivity contribution in [2.75, 3.05) is 31.6 Å². The molecule has 0 aliphatic carbocycles. The third-order valence-corrected chi connectivity index (χ3v) is 4.05. The molecule has 1 unspecified atom stereocenters. The lowest BCUT2D eigenvalue weighted by atomic mass is 10.0. The topological polar surface area (TPSA) is 30.3 Å². The van der Waals surface area contributed by atoms with E-state index < -0.39 is 0 Å². The van der Waals surface area contributed by atoms with Crippen LogP contribution in [0.15, 0.2) is 24.3 Å². The molecule has 0 aromatic heterocycles. The summed E-state index contributed by atoms with van der Waals surface area (Å²) in [5.41, 5.74) is 2.80. The highest BCUT2D eigenvalue weighted by molar-refractivity contribution is 5.54. The number of hydrogen-bond donors (Lipinski definition) is 0. The molecule has 19 heavy (non-hydrogen) atoms. The summed E-state index contributed by atoms with van der Waals surface area (Å²) in [7, 11) is 2.06. The smallest absolute Gasteiger partial charge is 0.0866 e. The number of nitriles is 1. The fraction of sp³-hybridized carbons (Fsp3) is 0.562. The van der Waals surface area contributed by atoms with Gasteiger partial charge in [0.05, 0.1) is 12.6 Å². The quantitative estimate of drug-likeness (QED) is 0.777. The number of anilines is 1. The van der Waals surface area contributed by atoms with E-state index in [1.54, 1.807) is 0 Å². The standard InChI is InChI=1S/C16H23N3/c1-3-14-7-4-5-9-16(14)19-11-6-8-15(13-19)18(2)12-10-17/h4-5,7,9,15H,3,6,8,11-13H2,1-2H3. The van der Waals surface area contributed by atoms with Gasteiger partial charge < -0.3 is 4.90 Å². The SMILES string of the molecule is CCc1ccccc1N1CCCC(N(C)CC#N)C1. The van der Waals surface area contributed by atoms with Crippen molar-refractivity contribution in [1.82, 2.24) is 4.90 Å². The van der Waals surface area contributed by atoms with E-state index in [0.717, 1.165) is 19.5 Å². The van der Waals surface area contributed by atoms with Gasteiger partial charge in [-0.3, -0.25) is 4.90 Å². The van der Waals surface area contributed by atoms with E-state index in [2.05, 4.69) is 54.1 Å². The monoisotopic (exact) mass is 257 g/mol. The van der Waals surface area contributed by atoms with E-state index in [0.29, 0.717) is 12.6 Å². The van der Waals surface area contributed by atoms with E-state index in [1.807, 2.05) is 0 Å². The molecule has 1 fully saturated rings. The summed E-state index contributed by atoms with van der Waals surface area (Å²) in [4.78, 5) is 4.67. The van der Waals surface area contributed by atoms with E-state index in [4.69, 9.17) is 5.26 Å². The Balaban J connectivity index is 2.11. The van der Waals surface area contributed by atoms with Gasteiger partial charge in [-0.1, -0.05) is 25.1 Å². The molecule has 0 bridgehead atoms. The molecule has 3 nitrogen and oxygen atoms in total. The van der Waals surface area contributed by atoms with Gasteiger partial charge in [-0.15, -0.1) is 0 Å². The highest BCUT2D eigenvalue weighted by Crippen LogP contribution is 2.25. The lowest BCUT2D eigenvalue weighted by Gasteiger charge is -2.38. The van der Waals surface area contributed by atoms with Crippen LogP contribution in [0.4, 0.5) is 5.69 Å². The van der Waals surface area contributed by atoms with Crippen molar-refractivity contribution in [2.45, 2.75) is 32.2 Å². The van der Waals surface area contributed by atoms with Gasteiger partial charge in [-0.25, -0.2) is 0 Å². The van der Waals surface area contributed by atoms with Crippen LogP contribution in [-0.2, 0) is 6.42 Å². The molecular formula is C16H23N3. The molecule has 2 rings (SSSR count). The Morgan fingerprint density at radius 3 is 2.95 bits per heavy atom. The molecular weight excluding hydrogens is 234 g/mol. The Hall–Kier alpha value is -1.53. The Kier molecular flexibility index (Phi) is 4.81. The van der Waals surface area contributed by atoms with Crippen LogP contribution in [-0.4, -0.2) is 37.6 Å². The predicted octanol–water partition coefficient (Wildman–Crippen LogP) is 2.67. The van der Waals surface area contributed by atoms with Crippen LogP contribution in [0.25, 0.3) is 0 Å². The van der Waals surface area contributed by atoms with Crippen LogP contribution in [0.5, 0.6) is 0 Å². The summed E-state index contributed by atoms with van der Waals surface area (Å²) >= 11 is 0. The number of para-hydroxylation sites is 1. The van der Waals surface area contributed by atoms with Crippen molar-refractivity contribution in [3.63, 3.8) is 0 Å². The highest BCUT2D eigenvalue weighted by Gasteiger charge is 2.24. The molecule has 0 amide bonds. The molecule has 1 aliphatic rings. The highest BCUT2D eigenvalue weighted by atomic mass is 15.2. The maximum Gasteiger partial charge on any atom is 0.0866 e. The molecule has 0 saturated carbocycles. The van der Waals surface area contributed by atoms with Crippen LogP contribution >= 0.6 is 0 Å². The summed E-state index contributed by atoms with van der Waals surface area (Å²) < 4.78 is 0. The molecule has 1 aromatic carbocycles. The summed E-state index contributed by atoms with van der Waals surface area (Å²) in [6.07, 6.45) is 3.48. The average molecular weight is 257 g/mol. The lowest BCUT2D eigenvalue weighted by Crippen LogP contribution is -2.46. The Labute approximate surface area is 116 Å². The van der Waals surface area contributed by atoms with Gasteiger partial charge in [0.1, 0.15) is 0 Å². The number of rotatable bonds is 4. The first kappa shape index (κ1) is 13.9. The van der Waals surface area contributed by atoms with Gasteiger partial charge in [0.2, 0.25) is 0 Å². The van der Waals surface area contributed by atoms with Gasteiger partial charge in [0.15, 0.2) is 0 Å². The average Bonchev–Trinajstić information content (AvgIpc) is 2.47. The summed E-state index contributed by atoms with van der Waals surface area (Å²) in [6.45, 7) is 4.90. The van der Waals surface area contributed by atoms with Crippen LogP contribution in [0.1, 0.15) is 25.3 Å². The number of piperidine rings is 1. The Morgan fingerprint density at radius 2 is 2.21 bits per heavy atom. The van der Waals surface area contributed by atoms with Crippen LogP contribution < -0.4 is 4.90 Å². The molecule has 0 spiro atoms. The second-order valence-electron chi connectivity index (χ2n) is 5.30. The molecule has 102 valence electrons. The second-order valence-corrected chi connectivity index (χ2v) is 5.30. The first-order valence-electron chi connectivity index (χ1n) is 7.16. The van der Waals surface area contributed by atoms with Gasteiger partial charge in [0.25, 0.3) is 0 Å². The zero-order valence-electron chi connectivity index (χ0n) is 12.0. The zero-order valence-corrected chi connectivity index (χ0v) is 12.0. The van der Waals surface area contributed by atoms with Crippen LogP contribution in [0.3, 0.4) is 0 Å². The second kappa shape index (κ2) is 6.58. The van der Waals surface area contributed by atoms with Gasteiger partial charge in [-0.2, -0.15) is 5.26 Å². The largest absolute Gasteiger partial charge is 0.370 e. The molecule has 1 atom stereocenters. The molecule has 1 heterocycles. The van der Waals surface area contributed by atoms with Gasteiger partial charge in [0, 0.05) is 24.8 Å². The van der Waals surface area contributed by atoms with Crippen molar-refractivity contribution < 1.29 is 0 Å². The maximum absolute atomic E-state index is 8.83. The number of aryl methyl sites for hydroxylation is 1. The van der Waals surface area contributed by atoms with Crippen LogP contribution in [0, 0.1) is 11.3 Å². The molecule has 3 heteroatoms. The third kappa shape index (κ3) is 3.27. The lowest BCUT2D eigenvalue weighted by molar-refractivity contribution is 0.238. The van der Waals surface area contributed by atoms with Crippen LogP contribution in [0.2, 0.25) is 0 Å². The minimum Gasteiger partial charge on any atom is -0.370 e. The van der Waals surface area contributed by atoms with Gasteiger partial charge >= 0.3 is 0 Å². The van der Waals surface area contributed by atoms with E-state index in [1.165, 1.54) is 24.1 Å². The molecule has 1 aromatic rings. The first-order valence-corrected chi connectivity index (χ1v) is 7.16. The van der Waals surface area contributed by atoms with E-state index >= 15 is 0 Å². The summed E-state index contributed by atoms with van der Waals surface area (Å²) in [6, 6.07) is 11.4. The first-order chi connectivity index (χ1) is 9.26. The Morgan fingerprint density at radius 1 is 1.42 bits per heavy atom. The predicted molar refractivity (Wildman–Crippen MR) is 79.3 cm³/mol. The van der Waals surface area contributed by atoms with Crippen molar-refractivity contribution in [3.05, 3.63) is 29.8 Å². The number of likely N-dealkylation sites (N-methyl/N-ethyl adjacent to an activating group) is 1. The third-order valence-electron chi connectivity index (χ3n) is 4.05. The Bertz CT molecular complexity index is 450. The van der Waals surface area contributed by atoms with Gasteiger partial charge in [-0.05, 0) is 37.9 Å². The van der Waals surface area contributed by atoms with Crippen molar-refractivity contribution in [2.24, 2.45) is 0 Å². The summed E-state index contributed by atoms with van der Waals surface area (Å²) in [5.74, 6) is 0. The minimum absolute atomic E-state index is 0.498. The fourth-order valence-corrected chi connectivity index (χ4v) is 2.89. The number of hydrogen-bond acceptors (Lipinski definition) is 3. The van der Waals surface area contributed by atoms with E-state index in [9.17, 15) is 0 Å². The molecule has 0 N–H and O–H groups in total. The summed E-state index contributed by atoms with van der Waals surface area (Å²) in [5, 5.41) is 8.83. The van der Waals surface area contributed by atoms with E-state index in [-0.39, 0.29) is 0 Å².